The van der Waals surface area contributed by atoms with Crippen molar-refractivity contribution in [2.45, 2.75) is 38.7 Å². The van der Waals surface area contributed by atoms with Crippen molar-refractivity contribution in [3.8, 4) is 0 Å². The van der Waals surface area contributed by atoms with Crippen molar-refractivity contribution in [2.75, 3.05) is 0 Å². The number of ketones is 2. The second-order valence-corrected chi connectivity index (χ2v) is 5.09. The van der Waals surface area contributed by atoms with E-state index < -0.39 is 28.0 Å². The van der Waals surface area contributed by atoms with Gasteiger partial charge >= 0.3 is 11.0 Å². The van der Waals surface area contributed by atoms with E-state index in [0.29, 0.717) is 0 Å². The SMILES string of the molecule is CC(=O)OC1(Cl)C(=O)CC(C)(C)CC1=O. The summed E-state index contributed by atoms with van der Waals surface area (Å²) in [5, 5.41) is -2.08. The Hall–Kier alpha value is -0.900. The number of Topliss-reactive ketones (excluding diaryl/α,β-unsaturated/α-hetero) is 2. The highest BCUT2D eigenvalue weighted by atomic mass is 35.5. The van der Waals surface area contributed by atoms with Crippen LogP contribution >= 0.6 is 11.6 Å². The molecule has 0 aromatic carbocycles. The number of hydrogen-bond donors (Lipinski definition) is 0. The number of carbonyl (C=O) groups excluding carboxylic acids is 3. The zero-order valence-corrected chi connectivity index (χ0v) is 9.68. The van der Waals surface area contributed by atoms with Crippen LogP contribution in [-0.2, 0) is 19.1 Å². The van der Waals surface area contributed by atoms with Gasteiger partial charge in [-0.05, 0) is 5.41 Å². The van der Waals surface area contributed by atoms with Gasteiger partial charge in [-0.1, -0.05) is 25.4 Å². The number of alkyl halides is 1. The van der Waals surface area contributed by atoms with E-state index in [2.05, 4.69) is 4.74 Å². The quantitative estimate of drug-likeness (QED) is 0.390. The van der Waals surface area contributed by atoms with E-state index in [1.807, 2.05) is 0 Å². The zero-order chi connectivity index (χ0) is 11.9. The number of ether oxygens (including phenoxy) is 1. The molecule has 1 rings (SSSR count). The third kappa shape index (κ3) is 2.37. The van der Waals surface area contributed by atoms with E-state index in [1.54, 1.807) is 13.8 Å². The van der Waals surface area contributed by atoms with Crippen molar-refractivity contribution in [1.29, 1.82) is 0 Å². The zero-order valence-electron chi connectivity index (χ0n) is 8.93. The van der Waals surface area contributed by atoms with Gasteiger partial charge in [0.05, 0.1) is 0 Å². The van der Waals surface area contributed by atoms with Gasteiger partial charge in [0.25, 0.3) is 0 Å². The molecule has 0 N–H and O–H groups in total. The molecule has 4 nitrogen and oxygen atoms in total. The van der Waals surface area contributed by atoms with Crippen LogP contribution in [0.4, 0.5) is 0 Å². The summed E-state index contributed by atoms with van der Waals surface area (Å²) >= 11 is 5.76. The average molecular weight is 233 g/mol. The molecule has 0 aromatic heterocycles. The number of carbonyl (C=O) groups is 3. The molecule has 1 aliphatic rings. The Morgan fingerprint density at radius 2 is 1.67 bits per heavy atom. The molecule has 0 spiro atoms. The Morgan fingerprint density at radius 1 is 1.27 bits per heavy atom. The van der Waals surface area contributed by atoms with Crippen LogP contribution in [0, 0.1) is 5.41 Å². The monoisotopic (exact) mass is 232 g/mol. The van der Waals surface area contributed by atoms with Crippen molar-refractivity contribution >= 4 is 29.1 Å². The number of esters is 1. The molecule has 84 valence electrons. The fraction of sp³-hybridized carbons (Fsp3) is 0.700. The number of rotatable bonds is 1. The van der Waals surface area contributed by atoms with Crippen LogP contribution in [-0.4, -0.2) is 22.6 Å². The summed E-state index contributed by atoms with van der Waals surface area (Å²) in [5.41, 5.74) is -0.410. The van der Waals surface area contributed by atoms with Crippen LogP contribution < -0.4 is 0 Å². The Balaban J connectivity index is 2.97. The maximum atomic E-state index is 11.6. The summed E-state index contributed by atoms with van der Waals surface area (Å²) in [5.74, 6) is -1.81. The highest BCUT2D eigenvalue weighted by Crippen LogP contribution is 2.39. The summed E-state index contributed by atoms with van der Waals surface area (Å²) in [4.78, 5) is 34.1. The first-order valence-corrected chi connectivity index (χ1v) is 5.00. The van der Waals surface area contributed by atoms with Gasteiger partial charge < -0.3 is 4.74 Å². The molecular formula is C10H13ClO4. The minimum atomic E-state index is -2.08. The van der Waals surface area contributed by atoms with E-state index in [4.69, 9.17) is 11.6 Å². The van der Waals surface area contributed by atoms with E-state index in [0.717, 1.165) is 6.92 Å². The molecule has 1 fully saturated rings. The summed E-state index contributed by atoms with van der Waals surface area (Å²) < 4.78 is 4.62. The van der Waals surface area contributed by atoms with Crippen LogP contribution in [0.15, 0.2) is 0 Å². The molecule has 0 saturated heterocycles. The highest BCUT2D eigenvalue weighted by Gasteiger charge is 2.53. The van der Waals surface area contributed by atoms with Crippen LogP contribution in [0.3, 0.4) is 0 Å². The molecule has 1 saturated carbocycles. The molecule has 0 aromatic rings. The van der Waals surface area contributed by atoms with Crippen molar-refractivity contribution < 1.29 is 19.1 Å². The van der Waals surface area contributed by atoms with Crippen molar-refractivity contribution in [1.82, 2.24) is 0 Å². The summed E-state index contributed by atoms with van der Waals surface area (Å²) in [6.07, 6.45) is 0.269. The lowest BCUT2D eigenvalue weighted by Crippen LogP contribution is -2.52. The first kappa shape index (κ1) is 12.2. The maximum absolute atomic E-state index is 11.6. The van der Waals surface area contributed by atoms with E-state index in [-0.39, 0.29) is 12.8 Å². The average Bonchev–Trinajstić information content (AvgIpc) is 1.98. The first-order valence-electron chi connectivity index (χ1n) is 4.62. The minimum absolute atomic E-state index is 0.134. The number of hydrogen-bond acceptors (Lipinski definition) is 4. The molecule has 0 heterocycles. The molecule has 1 aliphatic carbocycles. The highest BCUT2D eigenvalue weighted by molar-refractivity contribution is 6.46. The van der Waals surface area contributed by atoms with E-state index in [1.165, 1.54) is 0 Å². The Morgan fingerprint density at radius 3 is 2.00 bits per heavy atom. The normalized spacial score (nSPS) is 23.7. The van der Waals surface area contributed by atoms with Gasteiger partial charge in [0.15, 0.2) is 0 Å². The van der Waals surface area contributed by atoms with Gasteiger partial charge in [-0.2, -0.15) is 0 Å². The Labute approximate surface area is 92.9 Å². The third-order valence-corrected chi connectivity index (χ3v) is 2.78. The largest absolute Gasteiger partial charge is 0.428 e. The standard InChI is InChI=1S/C10H13ClO4/c1-6(12)15-10(11)7(13)4-9(2,3)5-8(10)14/h4-5H2,1-3H3. The van der Waals surface area contributed by atoms with Gasteiger partial charge in [-0.15, -0.1) is 0 Å². The Bertz CT molecular complexity index is 312. The molecule has 0 unspecified atom stereocenters. The molecule has 0 aliphatic heterocycles. The molecule has 0 radical (unpaired) electrons. The Kier molecular flexibility index (Phi) is 2.92. The van der Waals surface area contributed by atoms with Crippen LogP contribution in [0.25, 0.3) is 0 Å². The van der Waals surface area contributed by atoms with Crippen molar-refractivity contribution in [2.24, 2.45) is 5.41 Å². The maximum Gasteiger partial charge on any atom is 0.305 e. The molecule has 0 amide bonds. The minimum Gasteiger partial charge on any atom is -0.428 e. The summed E-state index contributed by atoms with van der Waals surface area (Å²) in [6.45, 7) is 4.71. The second kappa shape index (κ2) is 3.59. The van der Waals surface area contributed by atoms with Crippen LogP contribution in [0.5, 0.6) is 0 Å². The molecular weight excluding hydrogens is 220 g/mol. The third-order valence-electron chi connectivity index (χ3n) is 2.28. The molecule has 0 atom stereocenters. The van der Waals surface area contributed by atoms with Crippen molar-refractivity contribution in [3.63, 3.8) is 0 Å². The van der Waals surface area contributed by atoms with Gasteiger partial charge in [0, 0.05) is 19.8 Å². The van der Waals surface area contributed by atoms with Gasteiger partial charge in [0.1, 0.15) is 0 Å². The van der Waals surface area contributed by atoms with Crippen LogP contribution in [0.2, 0.25) is 0 Å². The number of halogens is 1. The lowest BCUT2D eigenvalue weighted by Gasteiger charge is -2.35. The van der Waals surface area contributed by atoms with E-state index in [9.17, 15) is 14.4 Å². The van der Waals surface area contributed by atoms with Gasteiger partial charge in [-0.25, -0.2) is 0 Å². The smallest absolute Gasteiger partial charge is 0.305 e. The summed E-state index contributed by atoms with van der Waals surface area (Å²) in [6, 6.07) is 0. The second-order valence-electron chi connectivity index (χ2n) is 4.55. The van der Waals surface area contributed by atoms with Crippen LogP contribution in [0.1, 0.15) is 33.6 Å². The van der Waals surface area contributed by atoms with Crippen molar-refractivity contribution in [3.05, 3.63) is 0 Å². The fourth-order valence-corrected chi connectivity index (χ4v) is 1.87. The predicted molar refractivity (Wildman–Crippen MR) is 53.4 cm³/mol. The predicted octanol–water partition coefficient (Wildman–Crippen LogP) is 1.44. The fourth-order valence-electron chi connectivity index (χ4n) is 1.63. The summed E-state index contributed by atoms with van der Waals surface area (Å²) in [7, 11) is 0. The lowest BCUT2D eigenvalue weighted by molar-refractivity contribution is -0.167. The first-order chi connectivity index (χ1) is 6.67. The lowest BCUT2D eigenvalue weighted by atomic mass is 9.74. The van der Waals surface area contributed by atoms with Gasteiger partial charge in [0.2, 0.25) is 11.6 Å². The topological polar surface area (TPSA) is 60.4 Å². The molecule has 5 heteroatoms. The van der Waals surface area contributed by atoms with Gasteiger partial charge in [-0.3, -0.25) is 14.4 Å². The molecule has 15 heavy (non-hydrogen) atoms. The van der Waals surface area contributed by atoms with E-state index >= 15 is 0 Å². The molecule has 0 bridgehead atoms.